The first-order valence-corrected chi connectivity index (χ1v) is 10.1. The molecule has 0 fully saturated rings. The number of nitrogens with zero attached hydrogens (tertiary/aromatic N) is 3. The van der Waals surface area contributed by atoms with E-state index in [9.17, 15) is 13.6 Å². The molecule has 6 heteroatoms. The van der Waals surface area contributed by atoms with Gasteiger partial charge in [-0.2, -0.15) is 0 Å². The fourth-order valence-corrected chi connectivity index (χ4v) is 3.39. The lowest BCUT2D eigenvalue weighted by Gasteiger charge is -2.24. The predicted octanol–water partition coefficient (Wildman–Crippen LogP) is 5.41. The molecule has 29 heavy (non-hydrogen) atoms. The van der Waals surface area contributed by atoms with Crippen LogP contribution in [0.4, 0.5) is 8.78 Å². The minimum atomic E-state index is -0.437. The standard InChI is InChI=1S/C23H27F2N3O/c1-4-11-28-21-9-8-19(25)14-20(21)26-22(28)15-27(12-10-16(2)3)23(29)17-6-5-7-18(24)13-17/h5-9,13-14,16H,4,10-12,15H2,1-3H3. The second-order valence-corrected chi connectivity index (χ2v) is 7.73. The average molecular weight is 399 g/mol. The van der Waals surface area contributed by atoms with Crippen LogP contribution in [0.15, 0.2) is 42.5 Å². The van der Waals surface area contributed by atoms with Gasteiger partial charge in [0.05, 0.1) is 17.6 Å². The highest BCUT2D eigenvalue weighted by Gasteiger charge is 2.21. The van der Waals surface area contributed by atoms with Crippen molar-refractivity contribution in [3.8, 4) is 0 Å². The van der Waals surface area contributed by atoms with Crippen LogP contribution in [0.3, 0.4) is 0 Å². The van der Waals surface area contributed by atoms with Gasteiger partial charge in [0.1, 0.15) is 17.5 Å². The third-order valence-corrected chi connectivity index (χ3v) is 4.90. The number of imidazole rings is 1. The van der Waals surface area contributed by atoms with Gasteiger partial charge in [-0.25, -0.2) is 13.8 Å². The van der Waals surface area contributed by atoms with Gasteiger partial charge in [0.15, 0.2) is 0 Å². The molecule has 0 radical (unpaired) electrons. The third-order valence-electron chi connectivity index (χ3n) is 4.90. The summed E-state index contributed by atoms with van der Waals surface area (Å²) in [5, 5.41) is 0. The Morgan fingerprint density at radius 1 is 1.14 bits per heavy atom. The van der Waals surface area contributed by atoms with Crippen molar-refractivity contribution in [2.45, 2.75) is 46.7 Å². The molecule has 1 amide bonds. The summed E-state index contributed by atoms with van der Waals surface area (Å²) in [5.74, 6) is 0.125. The molecular weight excluding hydrogens is 372 g/mol. The highest BCUT2D eigenvalue weighted by atomic mass is 19.1. The minimum Gasteiger partial charge on any atom is -0.331 e. The molecule has 0 saturated heterocycles. The zero-order valence-corrected chi connectivity index (χ0v) is 17.2. The summed E-state index contributed by atoms with van der Waals surface area (Å²) in [7, 11) is 0. The molecule has 0 aliphatic heterocycles. The number of rotatable bonds is 8. The first-order chi connectivity index (χ1) is 13.9. The number of halogens is 2. The number of amides is 1. The van der Waals surface area contributed by atoms with Gasteiger partial charge in [-0.15, -0.1) is 0 Å². The summed E-state index contributed by atoms with van der Waals surface area (Å²) < 4.78 is 29.4. The van der Waals surface area contributed by atoms with Crippen LogP contribution in [0.25, 0.3) is 11.0 Å². The molecule has 154 valence electrons. The number of fused-ring (bicyclic) bond motifs is 1. The zero-order chi connectivity index (χ0) is 21.0. The number of aromatic nitrogens is 2. The smallest absolute Gasteiger partial charge is 0.254 e. The average Bonchev–Trinajstić information content (AvgIpc) is 3.01. The highest BCUT2D eigenvalue weighted by Crippen LogP contribution is 2.21. The van der Waals surface area contributed by atoms with E-state index < -0.39 is 5.82 Å². The number of hydrogen-bond acceptors (Lipinski definition) is 2. The van der Waals surface area contributed by atoms with Crippen molar-refractivity contribution >= 4 is 16.9 Å². The minimum absolute atomic E-state index is 0.230. The van der Waals surface area contributed by atoms with Gasteiger partial charge < -0.3 is 9.47 Å². The Morgan fingerprint density at radius 3 is 2.59 bits per heavy atom. The van der Waals surface area contributed by atoms with Crippen molar-refractivity contribution in [2.24, 2.45) is 5.92 Å². The van der Waals surface area contributed by atoms with E-state index in [4.69, 9.17) is 0 Å². The van der Waals surface area contributed by atoms with E-state index in [1.807, 2.05) is 4.57 Å². The van der Waals surface area contributed by atoms with E-state index in [2.05, 4.69) is 25.8 Å². The van der Waals surface area contributed by atoms with Crippen LogP contribution in [0.1, 0.15) is 49.8 Å². The lowest BCUT2D eigenvalue weighted by molar-refractivity contribution is 0.0729. The van der Waals surface area contributed by atoms with E-state index in [-0.39, 0.29) is 11.7 Å². The molecule has 1 aromatic heterocycles. The van der Waals surface area contributed by atoms with E-state index in [0.29, 0.717) is 35.9 Å². The van der Waals surface area contributed by atoms with Gasteiger partial charge in [0.25, 0.3) is 5.91 Å². The summed E-state index contributed by atoms with van der Waals surface area (Å²) >= 11 is 0. The summed E-state index contributed by atoms with van der Waals surface area (Å²) in [6.07, 6.45) is 1.71. The van der Waals surface area contributed by atoms with Crippen LogP contribution in [0.2, 0.25) is 0 Å². The third kappa shape index (κ3) is 5.00. The second kappa shape index (κ2) is 9.16. The summed E-state index contributed by atoms with van der Waals surface area (Å²) in [6.45, 7) is 7.81. The molecule has 3 aromatic rings. The van der Waals surface area contributed by atoms with Gasteiger partial charge >= 0.3 is 0 Å². The van der Waals surface area contributed by atoms with Crippen LogP contribution < -0.4 is 0 Å². The summed E-state index contributed by atoms with van der Waals surface area (Å²) in [4.78, 5) is 19.4. The molecule has 4 nitrogen and oxygen atoms in total. The van der Waals surface area contributed by atoms with Gasteiger partial charge in [0, 0.05) is 24.7 Å². The number of carbonyl (C=O) groups is 1. The molecule has 0 saturated carbocycles. The van der Waals surface area contributed by atoms with Gasteiger partial charge in [-0.1, -0.05) is 26.8 Å². The Hall–Kier alpha value is -2.76. The van der Waals surface area contributed by atoms with Crippen LogP contribution in [-0.2, 0) is 13.1 Å². The first kappa shape index (κ1) is 21.0. The number of carbonyl (C=O) groups excluding carboxylic acids is 1. The topological polar surface area (TPSA) is 38.1 Å². The fraction of sp³-hybridized carbons (Fsp3) is 0.391. The summed E-state index contributed by atoms with van der Waals surface area (Å²) in [5.41, 5.74) is 1.75. The molecule has 2 aromatic carbocycles. The largest absolute Gasteiger partial charge is 0.331 e. The highest BCUT2D eigenvalue weighted by molar-refractivity contribution is 5.94. The monoisotopic (exact) mass is 399 g/mol. The van der Waals surface area contributed by atoms with Gasteiger partial charge in [-0.3, -0.25) is 4.79 Å². The Kier molecular flexibility index (Phi) is 6.62. The van der Waals surface area contributed by atoms with E-state index in [1.165, 1.54) is 30.3 Å². The van der Waals surface area contributed by atoms with E-state index in [1.54, 1.807) is 17.0 Å². The van der Waals surface area contributed by atoms with Crippen LogP contribution >= 0.6 is 0 Å². The molecule has 3 rings (SSSR count). The fourth-order valence-electron chi connectivity index (χ4n) is 3.39. The molecule has 0 atom stereocenters. The van der Waals surface area contributed by atoms with Crippen molar-refractivity contribution in [2.75, 3.05) is 6.54 Å². The van der Waals surface area contributed by atoms with Crippen molar-refractivity contribution < 1.29 is 13.6 Å². The number of hydrogen-bond donors (Lipinski definition) is 0. The van der Waals surface area contributed by atoms with Crippen molar-refractivity contribution in [1.29, 1.82) is 0 Å². The quantitative estimate of drug-likeness (QED) is 0.508. The maximum Gasteiger partial charge on any atom is 0.254 e. The lowest BCUT2D eigenvalue weighted by Crippen LogP contribution is -2.33. The Bertz CT molecular complexity index is 997. The Labute approximate surface area is 170 Å². The van der Waals surface area contributed by atoms with Crippen molar-refractivity contribution in [3.63, 3.8) is 0 Å². The maximum atomic E-state index is 13.7. The second-order valence-electron chi connectivity index (χ2n) is 7.73. The van der Waals surface area contributed by atoms with Gasteiger partial charge in [-0.05, 0) is 49.1 Å². The zero-order valence-electron chi connectivity index (χ0n) is 17.2. The number of benzene rings is 2. The number of aryl methyl sites for hydroxylation is 1. The van der Waals surface area contributed by atoms with E-state index in [0.717, 1.165) is 24.9 Å². The molecule has 0 N–H and O–H groups in total. The maximum absolute atomic E-state index is 13.7. The molecule has 0 bridgehead atoms. The predicted molar refractivity (Wildman–Crippen MR) is 111 cm³/mol. The van der Waals surface area contributed by atoms with E-state index >= 15 is 0 Å². The summed E-state index contributed by atoms with van der Waals surface area (Å²) in [6, 6.07) is 10.3. The molecule has 0 unspecified atom stereocenters. The van der Waals surface area contributed by atoms with Crippen LogP contribution in [0.5, 0.6) is 0 Å². The SMILES string of the molecule is CCCn1c(CN(CCC(C)C)C(=O)c2cccc(F)c2)nc2cc(F)ccc21. The Morgan fingerprint density at radius 2 is 1.90 bits per heavy atom. The molecule has 0 aliphatic rings. The lowest BCUT2D eigenvalue weighted by atomic mass is 10.1. The van der Waals surface area contributed by atoms with Crippen molar-refractivity contribution in [1.82, 2.24) is 14.5 Å². The normalized spacial score (nSPS) is 11.4. The molecule has 1 heterocycles. The Balaban J connectivity index is 1.96. The van der Waals surface area contributed by atoms with Crippen LogP contribution in [0, 0.1) is 17.6 Å². The molecule has 0 aliphatic carbocycles. The van der Waals surface area contributed by atoms with Gasteiger partial charge in [0.2, 0.25) is 0 Å². The first-order valence-electron chi connectivity index (χ1n) is 10.1. The molecule has 0 spiro atoms. The molecular formula is C23H27F2N3O. The van der Waals surface area contributed by atoms with Crippen LogP contribution in [-0.4, -0.2) is 26.9 Å². The van der Waals surface area contributed by atoms with Crippen molar-refractivity contribution in [3.05, 3.63) is 65.5 Å².